The van der Waals surface area contributed by atoms with E-state index in [1.807, 2.05) is 6.92 Å². The molecule has 2 rings (SSSR count). The van der Waals surface area contributed by atoms with Crippen LogP contribution in [0, 0.1) is 5.92 Å². The fourth-order valence-corrected chi connectivity index (χ4v) is 4.36. The van der Waals surface area contributed by atoms with Crippen LogP contribution in [0.5, 0.6) is 0 Å². The fourth-order valence-electron chi connectivity index (χ4n) is 2.13. The first-order valence-corrected chi connectivity index (χ1v) is 8.64. The van der Waals surface area contributed by atoms with E-state index in [-0.39, 0.29) is 16.9 Å². The second-order valence-electron chi connectivity index (χ2n) is 4.87. The summed E-state index contributed by atoms with van der Waals surface area (Å²) in [5, 5.41) is 0.494. The molecule has 19 heavy (non-hydrogen) atoms. The minimum absolute atomic E-state index is 0.0726. The topological polar surface area (TPSA) is 63.4 Å². The zero-order valence-electron chi connectivity index (χ0n) is 10.5. The van der Waals surface area contributed by atoms with Crippen molar-refractivity contribution in [1.82, 2.24) is 4.31 Å². The van der Waals surface area contributed by atoms with Gasteiger partial charge in [-0.05, 0) is 46.5 Å². The molecule has 1 aromatic rings. The maximum atomic E-state index is 12.5. The van der Waals surface area contributed by atoms with Crippen molar-refractivity contribution in [3.05, 3.63) is 27.7 Å². The van der Waals surface area contributed by atoms with E-state index in [1.165, 1.54) is 16.4 Å². The van der Waals surface area contributed by atoms with Gasteiger partial charge in [-0.2, -0.15) is 4.31 Å². The van der Waals surface area contributed by atoms with Crippen LogP contribution in [0.2, 0.25) is 5.02 Å². The lowest BCUT2D eigenvalue weighted by Crippen LogP contribution is -2.48. The van der Waals surface area contributed by atoms with Crippen LogP contribution in [0.4, 0.5) is 0 Å². The highest BCUT2D eigenvalue weighted by atomic mass is 79.9. The van der Waals surface area contributed by atoms with Crippen molar-refractivity contribution >= 4 is 37.6 Å². The normalized spacial score (nSPS) is 25.5. The van der Waals surface area contributed by atoms with Gasteiger partial charge in [-0.15, -0.1) is 0 Å². The molecule has 1 fully saturated rings. The smallest absolute Gasteiger partial charge is 0.243 e. The summed E-state index contributed by atoms with van der Waals surface area (Å²) in [6.07, 6.45) is 0.690. The van der Waals surface area contributed by atoms with Crippen LogP contribution in [0.3, 0.4) is 0 Å². The Hall–Kier alpha value is -0.140. The molecule has 0 saturated carbocycles. The Labute approximate surface area is 127 Å². The average molecular weight is 368 g/mol. The van der Waals surface area contributed by atoms with Crippen LogP contribution >= 0.6 is 27.5 Å². The molecule has 2 N–H and O–H groups in total. The van der Waals surface area contributed by atoms with E-state index in [1.54, 1.807) is 6.07 Å². The summed E-state index contributed by atoms with van der Waals surface area (Å²) in [7, 11) is -3.47. The summed E-state index contributed by atoms with van der Waals surface area (Å²) in [5.41, 5.74) is 5.92. The first kappa shape index (κ1) is 15.3. The number of hydrogen-bond acceptors (Lipinski definition) is 3. The van der Waals surface area contributed by atoms with Crippen LogP contribution in [0.15, 0.2) is 27.6 Å². The molecule has 2 unspecified atom stereocenters. The molecule has 0 aromatic heterocycles. The number of sulfonamides is 1. The van der Waals surface area contributed by atoms with Crippen LogP contribution < -0.4 is 5.73 Å². The highest BCUT2D eigenvalue weighted by Crippen LogP contribution is 2.28. The van der Waals surface area contributed by atoms with Crippen LogP contribution in [0.1, 0.15) is 13.3 Å². The summed E-state index contributed by atoms with van der Waals surface area (Å²) in [6, 6.07) is 4.72. The van der Waals surface area contributed by atoms with Gasteiger partial charge in [-0.25, -0.2) is 8.42 Å². The van der Waals surface area contributed by atoms with Crippen LogP contribution in [-0.2, 0) is 10.0 Å². The number of piperidine rings is 1. The van der Waals surface area contributed by atoms with Gasteiger partial charge in [0.05, 0.1) is 9.92 Å². The average Bonchev–Trinajstić information content (AvgIpc) is 2.35. The quantitative estimate of drug-likeness (QED) is 0.873. The molecular weight excluding hydrogens is 352 g/mol. The minimum Gasteiger partial charge on any atom is -0.327 e. The first-order valence-electron chi connectivity index (χ1n) is 6.03. The Morgan fingerprint density at radius 2 is 2.16 bits per heavy atom. The molecule has 7 heteroatoms. The predicted molar refractivity (Wildman–Crippen MR) is 79.7 cm³/mol. The maximum absolute atomic E-state index is 12.5. The number of nitrogens with two attached hydrogens (primary N) is 1. The van der Waals surface area contributed by atoms with E-state index in [9.17, 15) is 8.42 Å². The van der Waals surface area contributed by atoms with Crippen molar-refractivity contribution in [2.75, 3.05) is 13.1 Å². The maximum Gasteiger partial charge on any atom is 0.243 e. The highest BCUT2D eigenvalue weighted by Gasteiger charge is 2.32. The molecule has 0 aliphatic carbocycles. The van der Waals surface area contributed by atoms with Crippen molar-refractivity contribution in [2.24, 2.45) is 11.7 Å². The van der Waals surface area contributed by atoms with E-state index < -0.39 is 10.0 Å². The molecule has 0 bridgehead atoms. The van der Waals surface area contributed by atoms with Gasteiger partial charge < -0.3 is 5.73 Å². The standard InChI is InChI=1S/C12H16BrClN2O2S/c1-8-7-16(5-4-12(8)15)19(17,18)9-2-3-11(14)10(13)6-9/h2-3,6,8,12H,4-5,7,15H2,1H3. The number of rotatable bonds is 2. The third-order valence-electron chi connectivity index (χ3n) is 3.46. The van der Waals surface area contributed by atoms with Gasteiger partial charge >= 0.3 is 0 Å². The lowest BCUT2D eigenvalue weighted by molar-refractivity contribution is 0.250. The Kier molecular flexibility index (Phi) is 4.57. The summed E-state index contributed by atoms with van der Waals surface area (Å²) >= 11 is 9.14. The second-order valence-corrected chi connectivity index (χ2v) is 8.07. The molecule has 1 aliphatic heterocycles. The van der Waals surface area contributed by atoms with Gasteiger partial charge in [0.1, 0.15) is 0 Å². The Morgan fingerprint density at radius 1 is 1.47 bits per heavy atom. The minimum atomic E-state index is -3.47. The molecule has 4 nitrogen and oxygen atoms in total. The van der Waals surface area contributed by atoms with E-state index in [0.717, 1.165) is 0 Å². The van der Waals surface area contributed by atoms with Crippen molar-refractivity contribution in [3.8, 4) is 0 Å². The van der Waals surface area contributed by atoms with Crippen molar-refractivity contribution < 1.29 is 8.42 Å². The SMILES string of the molecule is CC1CN(S(=O)(=O)c2ccc(Cl)c(Br)c2)CCC1N. The van der Waals surface area contributed by atoms with E-state index in [0.29, 0.717) is 29.0 Å². The molecule has 0 spiro atoms. The highest BCUT2D eigenvalue weighted by molar-refractivity contribution is 9.10. The summed E-state index contributed by atoms with van der Waals surface area (Å²) in [5.74, 6) is 0.166. The molecule has 1 heterocycles. The second kappa shape index (κ2) is 5.69. The molecule has 1 saturated heterocycles. The van der Waals surface area contributed by atoms with Crippen LogP contribution in [0.25, 0.3) is 0 Å². The molecule has 0 amide bonds. The third-order valence-corrected chi connectivity index (χ3v) is 6.54. The Bertz CT molecular complexity index is 579. The lowest BCUT2D eigenvalue weighted by Gasteiger charge is -2.34. The fraction of sp³-hybridized carbons (Fsp3) is 0.500. The molecule has 106 valence electrons. The summed E-state index contributed by atoms with van der Waals surface area (Å²) < 4.78 is 27.1. The lowest BCUT2D eigenvalue weighted by atomic mass is 9.96. The third kappa shape index (κ3) is 3.13. The van der Waals surface area contributed by atoms with Crippen molar-refractivity contribution in [2.45, 2.75) is 24.3 Å². The van der Waals surface area contributed by atoms with Gasteiger partial charge in [-0.3, -0.25) is 0 Å². The van der Waals surface area contributed by atoms with Gasteiger partial charge in [0.15, 0.2) is 0 Å². The summed E-state index contributed by atoms with van der Waals surface area (Å²) in [4.78, 5) is 0.256. The Morgan fingerprint density at radius 3 is 2.74 bits per heavy atom. The van der Waals surface area contributed by atoms with Crippen LogP contribution in [-0.4, -0.2) is 31.9 Å². The molecule has 1 aromatic carbocycles. The zero-order valence-corrected chi connectivity index (χ0v) is 13.7. The largest absolute Gasteiger partial charge is 0.327 e. The van der Waals surface area contributed by atoms with Crippen molar-refractivity contribution in [3.63, 3.8) is 0 Å². The monoisotopic (exact) mass is 366 g/mol. The molecule has 0 radical (unpaired) electrons. The van der Waals surface area contributed by atoms with E-state index in [2.05, 4.69) is 15.9 Å². The van der Waals surface area contributed by atoms with Gasteiger partial charge in [0, 0.05) is 23.6 Å². The number of hydrogen-bond donors (Lipinski definition) is 1. The molecule has 1 aliphatic rings. The Balaban J connectivity index is 2.29. The number of nitrogens with zero attached hydrogens (tertiary/aromatic N) is 1. The van der Waals surface area contributed by atoms with E-state index in [4.69, 9.17) is 17.3 Å². The molecular formula is C12H16BrClN2O2S. The van der Waals surface area contributed by atoms with Gasteiger partial charge in [0.25, 0.3) is 0 Å². The molecule has 2 atom stereocenters. The number of halogens is 2. The van der Waals surface area contributed by atoms with Gasteiger partial charge in [-0.1, -0.05) is 18.5 Å². The summed E-state index contributed by atoms with van der Waals surface area (Å²) in [6.45, 7) is 2.90. The predicted octanol–water partition coefficient (Wildman–Crippen LogP) is 2.46. The van der Waals surface area contributed by atoms with Gasteiger partial charge in [0.2, 0.25) is 10.0 Å². The van der Waals surface area contributed by atoms with Crippen molar-refractivity contribution in [1.29, 1.82) is 0 Å². The van der Waals surface area contributed by atoms with E-state index >= 15 is 0 Å². The first-order chi connectivity index (χ1) is 8.82. The number of benzene rings is 1. The zero-order chi connectivity index (χ0) is 14.2.